The minimum atomic E-state index is -3.10. The maximum atomic E-state index is 13.1. The lowest BCUT2D eigenvalue weighted by Crippen LogP contribution is -2.25. The molecule has 3 aromatic rings. The summed E-state index contributed by atoms with van der Waals surface area (Å²) < 4.78 is 32.8. The van der Waals surface area contributed by atoms with E-state index >= 15 is 0 Å². The molecule has 1 aliphatic carbocycles. The Morgan fingerprint density at radius 2 is 1.83 bits per heavy atom. The molecular weight excluding hydrogens is 464 g/mol. The number of ether oxygens (including phenoxy) is 1. The van der Waals surface area contributed by atoms with Crippen molar-refractivity contribution >= 4 is 16.7 Å². The average molecular weight is 500 g/mol. The Labute approximate surface area is 210 Å². The van der Waals surface area contributed by atoms with Crippen molar-refractivity contribution in [2.45, 2.75) is 83.5 Å². The van der Waals surface area contributed by atoms with E-state index in [9.17, 15) is 18.7 Å². The van der Waals surface area contributed by atoms with Gasteiger partial charge in [0.25, 0.3) is 0 Å². The number of hydrogen-bond donors (Lipinski definition) is 2. The molecule has 1 saturated carbocycles. The highest BCUT2D eigenvalue weighted by Crippen LogP contribution is 2.51. The lowest BCUT2D eigenvalue weighted by atomic mass is 9.91. The Balaban J connectivity index is 0.000000170. The third kappa shape index (κ3) is 5.18. The van der Waals surface area contributed by atoms with E-state index in [4.69, 9.17) is 5.11 Å². The summed E-state index contributed by atoms with van der Waals surface area (Å²) in [5.74, 6) is 0.322. The molecule has 1 atom stereocenters. The zero-order valence-corrected chi connectivity index (χ0v) is 21.6. The average Bonchev–Trinajstić information content (AvgIpc) is 3.43. The van der Waals surface area contributed by atoms with Gasteiger partial charge in [-0.15, -0.1) is 0 Å². The molecule has 5 rings (SSSR count). The van der Waals surface area contributed by atoms with Crippen LogP contribution in [0, 0.1) is 6.92 Å². The number of rotatable bonds is 5. The molecule has 7 heteroatoms. The van der Waals surface area contributed by atoms with Gasteiger partial charge in [0, 0.05) is 27.6 Å². The Kier molecular flexibility index (Phi) is 6.77. The molecule has 36 heavy (non-hydrogen) atoms. The zero-order valence-electron chi connectivity index (χ0n) is 21.6. The van der Waals surface area contributed by atoms with Crippen LogP contribution in [0.5, 0.6) is 5.75 Å². The van der Waals surface area contributed by atoms with Crippen LogP contribution in [0.15, 0.2) is 42.5 Å². The zero-order chi connectivity index (χ0) is 26.5. The van der Waals surface area contributed by atoms with E-state index in [-0.39, 0.29) is 30.0 Å². The van der Waals surface area contributed by atoms with Crippen molar-refractivity contribution in [1.82, 2.24) is 4.57 Å². The molecule has 2 aromatic carbocycles. The highest BCUT2D eigenvalue weighted by atomic mass is 19.3. The fourth-order valence-corrected chi connectivity index (χ4v) is 4.96. The van der Waals surface area contributed by atoms with Crippen molar-refractivity contribution in [3.63, 3.8) is 0 Å². The van der Waals surface area contributed by atoms with E-state index in [2.05, 4.69) is 61.3 Å². The van der Waals surface area contributed by atoms with E-state index in [1.54, 1.807) is 25.1 Å². The second-order valence-corrected chi connectivity index (χ2v) is 11.2. The number of aliphatic hydroxyl groups is 2. The van der Waals surface area contributed by atoms with Crippen LogP contribution in [0.2, 0.25) is 0 Å². The van der Waals surface area contributed by atoms with Gasteiger partial charge in [0.15, 0.2) is 0 Å². The second-order valence-electron chi connectivity index (χ2n) is 11.2. The van der Waals surface area contributed by atoms with E-state index in [1.165, 1.54) is 16.6 Å². The van der Waals surface area contributed by atoms with Gasteiger partial charge in [0.1, 0.15) is 11.5 Å². The third-order valence-electron chi connectivity index (χ3n) is 7.13. The standard InChI is InChI=1S/C16H23NO2.C13H12F2O2/c1-11-5-6-14-12(7-11)8-15(16(2,3)4)17(14)9-13(19)10-18;1-8(16)12(4-5-12)10-3-2-9-7-13(14,15)17-11(9)6-10/h5-8,13,18-19H,9-10H2,1-4H3;2-3,6H,4-5,7H2,1H3/t13-;/m1./s1. The molecule has 1 aliphatic heterocycles. The van der Waals surface area contributed by atoms with Crippen molar-refractivity contribution in [3.8, 4) is 5.75 Å². The Morgan fingerprint density at radius 1 is 1.14 bits per heavy atom. The van der Waals surface area contributed by atoms with Gasteiger partial charge in [-0.3, -0.25) is 4.79 Å². The van der Waals surface area contributed by atoms with Crippen molar-refractivity contribution in [2.24, 2.45) is 0 Å². The Bertz CT molecular complexity index is 1280. The van der Waals surface area contributed by atoms with Crippen LogP contribution in [0.1, 0.15) is 62.9 Å². The van der Waals surface area contributed by atoms with Crippen molar-refractivity contribution in [3.05, 3.63) is 64.8 Å². The van der Waals surface area contributed by atoms with Gasteiger partial charge in [-0.2, -0.15) is 8.78 Å². The molecule has 0 unspecified atom stereocenters. The fourth-order valence-electron chi connectivity index (χ4n) is 4.96. The topological polar surface area (TPSA) is 71.7 Å². The number of aliphatic hydroxyl groups excluding tert-OH is 2. The van der Waals surface area contributed by atoms with Gasteiger partial charge >= 0.3 is 6.11 Å². The number of carbonyl (C=O) groups excluding carboxylic acids is 1. The smallest absolute Gasteiger partial charge is 0.402 e. The molecule has 0 saturated heterocycles. The van der Waals surface area contributed by atoms with Crippen LogP contribution in [-0.4, -0.2) is 39.4 Å². The minimum Gasteiger partial charge on any atom is -0.432 e. The fraction of sp³-hybridized carbons (Fsp3) is 0.483. The Morgan fingerprint density at radius 3 is 2.42 bits per heavy atom. The minimum absolute atomic E-state index is 0.00208. The predicted molar refractivity (Wildman–Crippen MR) is 136 cm³/mol. The maximum Gasteiger partial charge on any atom is 0.402 e. The number of ketones is 1. The second kappa shape index (κ2) is 9.27. The van der Waals surface area contributed by atoms with E-state index < -0.39 is 17.6 Å². The SMILES string of the molecule is CC(=O)C1(c2ccc3c(c2)OC(F)(F)C3)CC1.Cc1ccc2c(c1)cc(C(C)(C)C)n2C[C@@H](O)CO. The summed E-state index contributed by atoms with van der Waals surface area (Å²) in [6.07, 6.45) is -2.60. The molecule has 5 nitrogen and oxygen atoms in total. The molecule has 2 heterocycles. The summed E-state index contributed by atoms with van der Waals surface area (Å²) in [5, 5.41) is 20.0. The highest BCUT2D eigenvalue weighted by molar-refractivity contribution is 5.91. The molecule has 0 bridgehead atoms. The van der Waals surface area contributed by atoms with Gasteiger partial charge in [0.05, 0.1) is 31.1 Å². The number of benzene rings is 2. The first kappa shape index (κ1) is 26.3. The number of hydrogen-bond acceptors (Lipinski definition) is 4. The molecule has 0 spiro atoms. The molecule has 1 aromatic heterocycles. The first-order chi connectivity index (χ1) is 16.8. The van der Waals surface area contributed by atoms with Crippen molar-refractivity contribution < 1.29 is 28.5 Å². The third-order valence-corrected chi connectivity index (χ3v) is 7.13. The molecule has 0 radical (unpaired) electrons. The van der Waals surface area contributed by atoms with Gasteiger partial charge in [0.2, 0.25) is 0 Å². The number of fused-ring (bicyclic) bond motifs is 2. The number of halogens is 2. The quantitative estimate of drug-likeness (QED) is 0.491. The highest BCUT2D eigenvalue weighted by Gasteiger charge is 2.50. The van der Waals surface area contributed by atoms with Gasteiger partial charge in [-0.25, -0.2) is 0 Å². The van der Waals surface area contributed by atoms with Crippen LogP contribution >= 0.6 is 0 Å². The van der Waals surface area contributed by atoms with Crippen LogP contribution in [0.3, 0.4) is 0 Å². The summed E-state index contributed by atoms with van der Waals surface area (Å²) in [6, 6.07) is 13.5. The molecule has 194 valence electrons. The summed E-state index contributed by atoms with van der Waals surface area (Å²) in [6.45, 7) is 10.3. The lowest BCUT2D eigenvalue weighted by molar-refractivity contribution is -0.159. The lowest BCUT2D eigenvalue weighted by Gasteiger charge is -2.23. The summed E-state index contributed by atoms with van der Waals surface area (Å²) in [5.41, 5.74) is 4.41. The molecule has 2 aliphatic rings. The van der Waals surface area contributed by atoms with Crippen LogP contribution in [0.4, 0.5) is 8.78 Å². The van der Waals surface area contributed by atoms with E-state index in [0.29, 0.717) is 12.1 Å². The summed E-state index contributed by atoms with van der Waals surface area (Å²) in [7, 11) is 0. The number of aryl methyl sites for hydroxylation is 1. The first-order valence-electron chi connectivity index (χ1n) is 12.4. The van der Waals surface area contributed by atoms with E-state index in [1.807, 2.05) is 0 Å². The van der Waals surface area contributed by atoms with Crippen LogP contribution in [0.25, 0.3) is 10.9 Å². The normalized spacial score (nSPS) is 18.1. The first-order valence-corrected chi connectivity index (χ1v) is 12.4. The summed E-state index contributed by atoms with van der Waals surface area (Å²) in [4.78, 5) is 11.6. The molecule has 0 amide bonds. The number of carbonyl (C=O) groups is 1. The number of Topliss-reactive ketones (excluding diaryl/α,β-unsaturated/α-hetero) is 1. The van der Waals surface area contributed by atoms with Gasteiger partial charge in [-0.1, -0.05) is 44.5 Å². The number of nitrogens with zero attached hydrogens (tertiary/aromatic N) is 1. The monoisotopic (exact) mass is 499 g/mol. The number of alkyl halides is 2. The van der Waals surface area contributed by atoms with E-state index in [0.717, 1.165) is 23.9 Å². The van der Waals surface area contributed by atoms with Crippen LogP contribution < -0.4 is 4.74 Å². The van der Waals surface area contributed by atoms with Gasteiger partial charge in [-0.05, 0) is 56.5 Å². The Hall–Kier alpha value is -2.77. The number of aromatic nitrogens is 1. The molecular formula is C29H35F2NO4. The molecule has 2 N–H and O–H groups in total. The largest absolute Gasteiger partial charge is 0.432 e. The van der Waals surface area contributed by atoms with Crippen LogP contribution in [-0.2, 0) is 28.6 Å². The van der Waals surface area contributed by atoms with Crippen molar-refractivity contribution in [2.75, 3.05) is 6.61 Å². The van der Waals surface area contributed by atoms with Crippen molar-refractivity contribution in [1.29, 1.82) is 0 Å². The maximum absolute atomic E-state index is 13.1. The summed E-state index contributed by atoms with van der Waals surface area (Å²) >= 11 is 0. The molecule has 1 fully saturated rings. The van der Waals surface area contributed by atoms with Gasteiger partial charge < -0.3 is 19.5 Å². The predicted octanol–water partition coefficient (Wildman–Crippen LogP) is 5.44.